The molecule has 0 radical (unpaired) electrons. The molecule has 0 bridgehead atoms. The first-order chi connectivity index (χ1) is 14.7. The molecule has 0 spiro atoms. The van der Waals surface area contributed by atoms with E-state index < -0.39 is 33.1 Å². The number of halogens is 3. The summed E-state index contributed by atoms with van der Waals surface area (Å²) in [4.78, 5) is 13.2. The van der Waals surface area contributed by atoms with E-state index in [-0.39, 0.29) is 32.8 Å². The number of ketones is 1. The van der Waals surface area contributed by atoms with Crippen LogP contribution in [0.25, 0.3) is 11.0 Å². The summed E-state index contributed by atoms with van der Waals surface area (Å²) in [6.07, 6.45) is -4.63. The smallest absolute Gasteiger partial charge is 0.416 e. The first-order valence-corrected chi connectivity index (χ1v) is 10.8. The number of fused-ring (bicyclic) bond motifs is 1. The molecule has 0 fully saturated rings. The molecule has 0 saturated carbocycles. The summed E-state index contributed by atoms with van der Waals surface area (Å²) in [5, 5.41) is -0.0815. The van der Waals surface area contributed by atoms with Gasteiger partial charge in [-0.1, -0.05) is 48.5 Å². The summed E-state index contributed by atoms with van der Waals surface area (Å²) in [5.74, 6) is -1.48. The van der Waals surface area contributed by atoms with Gasteiger partial charge in [-0.3, -0.25) is 4.79 Å². The fourth-order valence-electron chi connectivity index (χ4n) is 3.29. The van der Waals surface area contributed by atoms with Crippen LogP contribution in [0.2, 0.25) is 0 Å². The van der Waals surface area contributed by atoms with Crippen LogP contribution in [0.1, 0.15) is 27.2 Å². The molecule has 0 N–H and O–H groups in total. The minimum atomic E-state index is -4.63. The monoisotopic (exact) mass is 444 g/mol. The zero-order valence-corrected chi connectivity index (χ0v) is 16.7. The third kappa shape index (κ3) is 4.11. The van der Waals surface area contributed by atoms with Gasteiger partial charge in [0.25, 0.3) is 0 Å². The van der Waals surface area contributed by atoms with Crippen molar-refractivity contribution in [1.29, 1.82) is 0 Å². The number of rotatable bonds is 5. The molecule has 1 heterocycles. The summed E-state index contributed by atoms with van der Waals surface area (Å²) in [5.41, 5.74) is -0.932. The Morgan fingerprint density at radius 2 is 1.48 bits per heavy atom. The number of alkyl halides is 3. The van der Waals surface area contributed by atoms with Gasteiger partial charge in [0.15, 0.2) is 15.6 Å². The molecule has 158 valence electrons. The van der Waals surface area contributed by atoms with E-state index in [9.17, 15) is 26.4 Å². The van der Waals surface area contributed by atoms with E-state index >= 15 is 0 Å². The van der Waals surface area contributed by atoms with E-state index in [4.69, 9.17) is 4.42 Å². The van der Waals surface area contributed by atoms with Crippen molar-refractivity contribution in [1.82, 2.24) is 0 Å². The van der Waals surface area contributed by atoms with Crippen LogP contribution in [0, 0.1) is 0 Å². The predicted octanol–water partition coefficient (Wildman–Crippen LogP) is 5.66. The molecule has 1 aromatic heterocycles. The highest BCUT2D eigenvalue weighted by Gasteiger charge is 2.33. The van der Waals surface area contributed by atoms with Gasteiger partial charge in [0.2, 0.25) is 0 Å². The standard InChI is InChI=1S/C23H15F3O4S/c24-23(25,26)16-11-12-19-18(13-16)21(22(27)15-7-3-1-4-8-15)20(30-19)14-31(28,29)17-9-5-2-6-10-17/h1-13H,14H2. The van der Waals surface area contributed by atoms with Crippen LogP contribution in [-0.4, -0.2) is 14.2 Å². The lowest BCUT2D eigenvalue weighted by Crippen LogP contribution is -2.10. The van der Waals surface area contributed by atoms with Gasteiger partial charge in [-0.25, -0.2) is 8.42 Å². The summed E-state index contributed by atoms with van der Waals surface area (Å²) in [6.45, 7) is 0. The van der Waals surface area contributed by atoms with Crippen molar-refractivity contribution in [3.05, 3.63) is 101 Å². The second-order valence-electron chi connectivity index (χ2n) is 6.88. The summed E-state index contributed by atoms with van der Waals surface area (Å²) >= 11 is 0. The van der Waals surface area contributed by atoms with Gasteiger partial charge >= 0.3 is 6.18 Å². The van der Waals surface area contributed by atoms with Crippen molar-refractivity contribution in [2.45, 2.75) is 16.8 Å². The molecule has 0 aliphatic rings. The molecule has 4 rings (SSSR count). The molecule has 4 aromatic rings. The van der Waals surface area contributed by atoms with Crippen LogP contribution in [0.3, 0.4) is 0 Å². The Bertz CT molecular complexity index is 1360. The van der Waals surface area contributed by atoms with Crippen molar-refractivity contribution in [3.63, 3.8) is 0 Å². The molecule has 0 amide bonds. The maximum atomic E-state index is 13.3. The zero-order chi connectivity index (χ0) is 22.2. The maximum Gasteiger partial charge on any atom is 0.416 e. The molecule has 0 aliphatic heterocycles. The van der Waals surface area contributed by atoms with Gasteiger partial charge in [0, 0.05) is 10.9 Å². The quantitative estimate of drug-likeness (QED) is 0.373. The molecule has 4 nitrogen and oxygen atoms in total. The number of hydrogen-bond donors (Lipinski definition) is 0. The van der Waals surface area contributed by atoms with Gasteiger partial charge in [-0.2, -0.15) is 13.2 Å². The van der Waals surface area contributed by atoms with Crippen LogP contribution in [0.5, 0.6) is 0 Å². The lowest BCUT2D eigenvalue weighted by Gasteiger charge is -2.07. The summed E-state index contributed by atoms with van der Waals surface area (Å²) < 4.78 is 71.1. The molecule has 0 atom stereocenters. The average molecular weight is 444 g/mol. The minimum Gasteiger partial charge on any atom is -0.459 e. The van der Waals surface area contributed by atoms with E-state index in [0.29, 0.717) is 0 Å². The van der Waals surface area contributed by atoms with Gasteiger partial charge in [-0.05, 0) is 30.3 Å². The number of furan rings is 1. The lowest BCUT2D eigenvalue weighted by molar-refractivity contribution is -0.137. The van der Waals surface area contributed by atoms with Gasteiger partial charge < -0.3 is 4.42 Å². The number of carbonyl (C=O) groups excluding carboxylic acids is 1. The lowest BCUT2D eigenvalue weighted by atomic mass is 9.99. The number of hydrogen-bond acceptors (Lipinski definition) is 4. The molecular weight excluding hydrogens is 429 g/mol. The van der Waals surface area contributed by atoms with Gasteiger partial charge in [0.1, 0.15) is 17.1 Å². The maximum absolute atomic E-state index is 13.3. The number of benzene rings is 3. The van der Waals surface area contributed by atoms with Crippen LogP contribution >= 0.6 is 0 Å². The molecule has 0 unspecified atom stereocenters. The Balaban J connectivity index is 1.91. The molecular formula is C23H15F3O4S. The second kappa shape index (κ2) is 7.70. The topological polar surface area (TPSA) is 64.3 Å². The molecule has 0 saturated heterocycles. The Morgan fingerprint density at radius 3 is 2.10 bits per heavy atom. The fourth-order valence-corrected chi connectivity index (χ4v) is 4.58. The molecule has 8 heteroatoms. The van der Waals surface area contributed by atoms with Gasteiger partial charge in [-0.15, -0.1) is 0 Å². The van der Waals surface area contributed by atoms with Gasteiger partial charge in [0.05, 0.1) is 16.0 Å². The highest BCUT2D eigenvalue weighted by Crippen LogP contribution is 2.36. The Hall–Kier alpha value is -3.39. The zero-order valence-electron chi connectivity index (χ0n) is 15.9. The average Bonchev–Trinajstić information content (AvgIpc) is 3.10. The van der Waals surface area contributed by atoms with Crippen molar-refractivity contribution >= 4 is 26.6 Å². The first kappa shape index (κ1) is 20.9. The third-order valence-corrected chi connectivity index (χ3v) is 6.41. The predicted molar refractivity (Wildman–Crippen MR) is 108 cm³/mol. The molecule has 3 aromatic carbocycles. The van der Waals surface area contributed by atoms with Crippen molar-refractivity contribution < 1.29 is 30.8 Å². The largest absolute Gasteiger partial charge is 0.459 e. The molecule has 0 aliphatic carbocycles. The molecule has 31 heavy (non-hydrogen) atoms. The number of sulfone groups is 1. The van der Waals surface area contributed by atoms with Crippen molar-refractivity contribution in [2.24, 2.45) is 0 Å². The summed E-state index contributed by atoms with van der Waals surface area (Å²) in [7, 11) is -3.91. The van der Waals surface area contributed by atoms with E-state index in [1.165, 1.54) is 24.3 Å². The van der Waals surface area contributed by atoms with E-state index in [1.54, 1.807) is 36.4 Å². The van der Waals surface area contributed by atoms with Crippen LogP contribution < -0.4 is 0 Å². The Labute approximate surface area is 175 Å². The Kier molecular flexibility index (Phi) is 5.18. The van der Waals surface area contributed by atoms with Crippen LogP contribution in [0.15, 0.2) is 88.2 Å². The Morgan fingerprint density at radius 1 is 0.871 bits per heavy atom. The van der Waals surface area contributed by atoms with Crippen molar-refractivity contribution in [3.8, 4) is 0 Å². The number of carbonyl (C=O) groups is 1. The minimum absolute atomic E-state index is 0.00513. The third-order valence-electron chi connectivity index (χ3n) is 4.77. The highest BCUT2D eigenvalue weighted by atomic mass is 32.2. The fraction of sp³-hybridized carbons (Fsp3) is 0.0870. The van der Waals surface area contributed by atoms with E-state index in [0.717, 1.165) is 18.2 Å². The van der Waals surface area contributed by atoms with E-state index in [2.05, 4.69) is 0 Å². The van der Waals surface area contributed by atoms with Crippen LogP contribution in [-0.2, 0) is 21.8 Å². The SMILES string of the molecule is O=C(c1ccccc1)c1c(CS(=O)(=O)c2ccccc2)oc2ccc(C(F)(F)F)cc12. The van der Waals surface area contributed by atoms with E-state index in [1.807, 2.05) is 0 Å². The highest BCUT2D eigenvalue weighted by molar-refractivity contribution is 7.90. The second-order valence-corrected chi connectivity index (χ2v) is 8.87. The normalized spacial score (nSPS) is 12.2. The summed E-state index contributed by atoms with van der Waals surface area (Å²) in [6, 6.07) is 18.2. The first-order valence-electron chi connectivity index (χ1n) is 9.17. The van der Waals surface area contributed by atoms with Crippen LogP contribution in [0.4, 0.5) is 13.2 Å². The van der Waals surface area contributed by atoms with Crippen molar-refractivity contribution in [2.75, 3.05) is 0 Å².